The molecule has 3 N–H and O–H groups in total. The van der Waals surface area contributed by atoms with Crippen molar-refractivity contribution in [1.82, 2.24) is 5.32 Å². The molecule has 0 aromatic rings. The average molecular weight is 784 g/mol. The Morgan fingerprint density at radius 2 is 1.06 bits per heavy atom. The average Bonchev–Trinajstić information content (AvgIpc) is 3.12. The van der Waals surface area contributed by atoms with Gasteiger partial charge in [0.15, 0.2) is 0 Å². The first-order valence-corrected chi connectivity index (χ1v) is 23.8. The second-order valence-electron chi connectivity index (χ2n) is 16.4. The molecule has 1 amide bonds. The molecule has 8 nitrogen and oxygen atoms in total. The Bertz CT molecular complexity index is 980. The van der Waals surface area contributed by atoms with Gasteiger partial charge in [-0.1, -0.05) is 185 Å². The summed E-state index contributed by atoms with van der Waals surface area (Å²) in [6, 6.07) is -0.851. The molecule has 0 aromatic carbocycles. The number of phosphoric acid groups is 1. The lowest BCUT2D eigenvalue weighted by Gasteiger charge is -2.26. The highest BCUT2D eigenvalue weighted by molar-refractivity contribution is 7.47. The van der Waals surface area contributed by atoms with Crippen molar-refractivity contribution in [1.29, 1.82) is 0 Å². The Kier molecular flexibility index (Phi) is 36.4. The van der Waals surface area contributed by atoms with E-state index in [9.17, 15) is 19.4 Å². The fourth-order valence-corrected chi connectivity index (χ4v) is 7.02. The number of phosphoric ester groups is 1. The molecule has 9 heteroatoms. The minimum Gasteiger partial charge on any atom is -0.391 e. The summed E-state index contributed by atoms with van der Waals surface area (Å²) in [5, 5.41) is 13.8. The van der Waals surface area contributed by atoms with E-state index in [0.717, 1.165) is 25.7 Å². The summed E-state index contributed by atoms with van der Waals surface area (Å²) in [4.78, 5) is 23.0. The molecule has 0 heterocycles. The number of nitrogens with one attached hydrogen (secondary N) is 1. The number of carbonyl (C=O) groups excluding carboxylic acids is 1. The van der Waals surface area contributed by atoms with E-state index in [0.29, 0.717) is 17.4 Å². The van der Waals surface area contributed by atoms with Gasteiger partial charge < -0.3 is 19.8 Å². The number of rotatable bonds is 40. The van der Waals surface area contributed by atoms with E-state index in [-0.39, 0.29) is 25.5 Å². The third kappa shape index (κ3) is 39.0. The fourth-order valence-electron chi connectivity index (χ4n) is 6.28. The summed E-state index contributed by atoms with van der Waals surface area (Å²) in [5.41, 5.74) is 0. The second-order valence-corrected chi connectivity index (χ2v) is 17.9. The SMILES string of the molecule is CCCCCCCCCCCCC=CC[C@@H](O)[C@H](COP(=O)(O)OCC[N+](C)(C)C)NC(=O)CC=CCC=CCCCCCCCCCCCCCCC. The number of aliphatic hydroxyl groups is 1. The van der Waals surface area contributed by atoms with Crippen molar-refractivity contribution in [3.05, 3.63) is 36.5 Å². The quantitative estimate of drug-likeness (QED) is 0.0247. The molecule has 0 rings (SSSR count). The third-order valence-corrected chi connectivity index (χ3v) is 10.9. The van der Waals surface area contributed by atoms with Gasteiger partial charge in [-0.05, 0) is 38.5 Å². The summed E-state index contributed by atoms with van der Waals surface area (Å²) < 4.78 is 23.5. The van der Waals surface area contributed by atoms with Crippen LogP contribution in [0.3, 0.4) is 0 Å². The molecule has 318 valence electrons. The van der Waals surface area contributed by atoms with Gasteiger partial charge in [0.05, 0.1) is 39.9 Å². The van der Waals surface area contributed by atoms with Crippen LogP contribution in [-0.4, -0.2) is 73.4 Å². The van der Waals surface area contributed by atoms with Crippen molar-refractivity contribution in [2.24, 2.45) is 0 Å². The standard InChI is InChI=1S/C45H87N2O6P/c1-6-8-10-12-14-16-18-20-21-22-23-24-25-27-29-31-33-35-37-39-45(49)46-43(42-53-54(50,51)52-41-40-47(3,4)5)44(48)38-36-34-32-30-28-26-19-17-15-13-11-9-7-2/h29,31,34-37,43-44,48H,6-28,30,32-33,38-42H2,1-5H3,(H-,46,49,50,51)/p+1/t43-,44+/m0/s1. The second kappa shape index (κ2) is 37.3. The van der Waals surface area contributed by atoms with E-state index in [2.05, 4.69) is 37.4 Å². The van der Waals surface area contributed by atoms with Gasteiger partial charge in [-0.25, -0.2) is 4.57 Å². The molecule has 0 saturated carbocycles. The van der Waals surface area contributed by atoms with Crippen molar-refractivity contribution in [2.45, 2.75) is 206 Å². The maximum absolute atomic E-state index is 12.8. The molecule has 3 atom stereocenters. The Balaban J connectivity index is 4.48. The van der Waals surface area contributed by atoms with Crippen molar-refractivity contribution >= 4 is 13.7 Å². The number of amides is 1. The Morgan fingerprint density at radius 1 is 0.630 bits per heavy atom. The molecule has 0 aliphatic carbocycles. The van der Waals surface area contributed by atoms with E-state index >= 15 is 0 Å². The summed E-state index contributed by atoms with van der Waals surface area (Å²) in [6.45, 7) is 4.78. The summed E-state index contributed by atoms with van der Waals surface area (Å²) in [5.74, 6) is -0.275. The first kappa shape index (κ1) is 52.7. The van der Waals surface area contributed by atoms with Crippen LogP contribution in [0.25, 0.3) is 0 Å². The first-order chi connectivity index (χ1) is 26.0. The number of carbonyl (C=O) groups is 1. The number of nitrogens with zero attached hydrogens (tertiary/aromatic N) is 1. The molecular weight excluding hydrogens is 695 g/mol. The van der Waals surface area contributed by atoms with Gasteiger partial charge in [0.1, 0.15) is 13.2 Å². The number of hydrogen-bond donors (Lipinski definition) is 3. The summed E-state index contributed by atoms with van der Waals surface area (Å²) in [7, 11) is 1.54. The third-order valence-electron chi connectivity index (χ3n) is 9.90. The van der Waals surface area contributed by atoms with Crippen LogP contribution in [0.15, 0.2) is 36.5 Å². The van der Waals surface area contributed by atoms with E-state index in [1.807, 2.05) is 39.4 Å². The topological polar surface area (TPSA) is 105 Å². The zero-order chi connectivity index (χ0) is 40.0. The Labute approximate surface area is 334 Å². The number of unbranched alkanes of at least 4 members (excludes halogenated alkanes) is 23. The lowest BCUT2D eigenvalue weighted by atomic mass is 10.0. The molecule has 54 heavy (non-hydrogen) atoms. The van der Waals surface area contributed by atoms with Crippen LogP contribution in [0, 0.1) is 0 Å². The van der Waals surface area contributed by atoms with Crippen LogP contribution in [0.4, 0.5) is 0 Å². The molecule has 0 radical (unpaired) electrons. The van der Waals surface area contributed by atoms with Crippen molar-refractivity contribution in [3.8, 4) is 0 Å². The van der Waals surface area contributed by atoms with Crippen LogP contribution in [-0.2, 0) is 18.4 Å². The van der Waals surface area contributed by atoms with Gasteiger partial charge in [-0.2, -0.15) is 0 Å². The predicted molar refractivity (Wildman–Crippen MR) is 231 cm³/mol. The fraction of sp³-hybridized carbons (Fsp3) is 0.844. The van der Waals surface area contributed by atoms with Crippen molar-refractivity contribution in [3.63, 3.8) is 0 Å². The van der Waals surface area contributed by atoms with Gasteiger partial charge in [-0.15, -0.1) is 0 Å². The molecule has 0 saturated heterocycles. The molecular formula is C45H88N2O6P+. The summed E-state index contributed by atoms with van der Waals surface area (Å²) in [6.07, 6.45) is 45.1. The number of quaternary nitrogens is 1. The molecule has 0 spiro atoms. The van der Waals surface area contributed by atoms with Gasteiger partial charge in [0, 0.05) is 6.42 Å². The number of hydrogen-bond acceptors (Lipinski definition) is 5. The molecule has 0 aliphatic rings. The lowest BCUT2D eigenvalue weighted by molar-refractivity contribution is -0.870. The molecule has 0 bridgehead atoms. The van der Waals surface area contributed by atoms with Crippen LogP contribution < -0.4 is 5.32 Å². The largest absolute Gasteiger partial charge is 0.472 e. The van der Waals surface area contributed by atoms with Gasteiger partial charge in [0.25, 0.3) is 0 Å². The number of likely N-dealkylation sites (N-methyl/N-ethyl adjacent to an activating group) is 1. The smallest absolute Gasteiger partial charge is 0.391 e. The van der Waals surface area contributed by atoms with Crippen LogP contribution in [0.5, 0.6) is 0 Å². The minimum atomic E-state index is -4.35. The summed E-state index contributed by atoms with van der Waals surface area (Å²) >= 11 is 0. The zero-order valence-electron chi connectivity index (χ0n) is 36.0. The lowest BCUT2D eigenvalue weighted by Crippen LogP contribution is -2.46. The van der Waals surface area contributed by atoms with Crippen LogP contribution in [0.1, 0.15) is 194 Å². The molecule has 1 unspecified atom stereocenters. The highest BCUT2D eigenvalue weighted by atomic mass is 31.2. The monoisotopic (exact) mass is 784 g/mol. The van der Waals surface area contributed by atoms with Gasteiger partial charge >= 0.3 is 7.82 Å². The van der Waals surface area contributed by atoms with E-state index < -0.39 is 20.0 Å². The van der Waals surface area contributed by atoms with Gasteiger partial charge in [0.2, 0.25) is 5.91 Å². The Hall–Kier alpha value is -1.28. The van der Waals surface area contributed by atoms with E-state index in [1.54, 1.807) is 0 Å². The maximum Gasteiger partial charge on any atom is 0.472 e. The molecule has 0 fully saturated rings. The molecule has 0 aliphatic heterocycles. The van der Waals surface area contributed by atoms with Crippen molar-refractivity contribution < 1.29 is 32.9 Å². The van der Waals surface area contributed by atoms with Crippen LogP contribution in [0.2, 0.25) is 0 Å². The van der Waals surface area contributed by atoms with E-state index in [4.69, 9.17) is 9.05 Å². The molecule has 0 aromatic heterocycles. The number of aliphatic hydroxyl groups excluding tert-OH is 1. The van der Waals surface area contributed by atoms with E-state index in [1.165, 1.54) is 141 Å². The predicted octanol–water partition coefficient (Wildman–Crippen LogP) is 12.3. The number of allylic oxidation sites excluding steroid dienone is 4. The van der Waals surface area contributed by atoms with Crippen LogP contribution >= 0.6 is 7.82 Å². The first-order valence-electron chi connectivity index (χ1n) is 22.4. The Morgan fingerprint density at radius 3 is 1.52 bits per heavy atom. The normalized spacial score (nSPS) is 14.7. The minimum absolute atomic E-state index is 0.0528. The highest BCUT2D eigenvalue weighted by Gasteiger charge is 2.28. The maximum atomic E-state index is 12.8. The zero-order valence-corrected chi connectivity index (χ0v) is 36.9. The van der Waals surface area contributed by atoms with Gasteiger partial charge in [-0.3, -0.25) is 13.8 Å². The highest BCUT2D eigenvalue weighted by Crippen LogP contribution is 2.43. The van der Waals surface area contributed by atoms with Crippen molar-refractivity contribution in [2.75, 3.05) is 40.9 Å².